The average Bonchev–Trinajstić information content (AvgIpc) is 3.88. The maximum absolute atomic E-state index is 6.53. The minimum absolute atomic E-state index is 0.572. The molecule has 246 valence electrons. The molecule has 0 fully saturated rings. The van der Waals surface area contributed by atoms with Crippen LogP contribution in [-0.4, -0.2) is 29.1 Å². The zero-order chi connectivity index (χ0) is 34.6. The van der Waals surface area contributed by atoms with Crippen LogP contribution in [-0.2, 0) is 0 Å². The molecule has 12 aromatic rings. The van der Waals surface area contributed by atoms with Crippen molar-refractivity contribution in [2.45, 2.75) is 0 Å². The lowest BCUT2D eigenvalue weighted by Crippen LogP contribution is -2.03. The van der Waals surface area contributed by atoms with Gasteiger partial charge in [0.1, 0.15) is 16.8 Å². The molecule has 0 aliphatic carbocycles. The number of benzene rings is 7. The molecule has 5 heterocycles. The number of rotatable bonds is 3. The molecule has 7 aromatic carbocycles. The highest BCUT2D eigenvalue weighted by Gasteiger charge is 2.24. The van der Waals surface area contributed by atoms with Crippen molar-refractivity contribution in [1.29, 1.82) is 0 Å². The third kappa shape index (κ3) is 3.98. The molecule has 7 nitrogen and oxygen atoms in total. The summed E-state index contributed by atoms with van der Waals surface area (Å²) in [4.78, 5) is 20.7. The summed E-state index contributed by atoms with van der Waals surface area (Å²) >= 11 is 0. The van der Waals surface area contributed by atoms with Crippen LogP contribution in [0.5, 0.6) is 0 Å². The Kier molecular flexibility index (Phi) is 5.65. The number of fused-ring (bicyclic) bond motifs is 12. The standard InChI is InChI=1S/C46H26N6O/c1-2-12-28-25-29(22-21-27(28)11-1)41-44-42(34-16-6-10-20-39(34)53-44)50-46(49-41)51-37-19-9-5-15-33(37)40-38(51)24-23-32-31-14-4-8-18-36(31)52(43(32)40)45-47-26-30-13-3-7-17-35(30)48-45/h1-26H. The summed E-state index contributed by atoms with van der Waals surface area (Å²) in [5.74, 6) is 1.20. The van der Waals surface area contributed by atoms with Gasteiger partial charge in [-0.2, -0.15) is 0 Å². The number of nitrogens with zero attached hydrogens (tertiary/aromatic N) is 6. The van der Waals surface area contributed by atoms with Crippen molar-refractivity contribution < 1.29 is 4.42 Å². The summed E-state index contributed by atoms with van der Waals surface area (Å²) in [7, 11) is 0. The molecule has 0 aliphatic heterocycles. The van der Waals surface area contributed by atoms with E-state index in [1.165, 1.54) is 5.39 Å². The fourth-order valence-electron chi connectivity index (χ4n) is 8.21. The van der Waals surface area contributed by atoms with E-state index in [1.54, 1.807) is 0 Å². The van der Waals surface area contributed by atoms with E-state index in [1.807, 2.05) is 48.7 Å². The molecule has 7 heteroatoms. The van der Waals surface area contributed by atoms with Crippen molar-refractivity contribution >= 4 is 87.4 Å². The second-order valence-electron chi connectivity index (χ2n) is 13.5. The summed E-state index contributed by atoms with van der Waals surface area (Å²) in [6.45, 7) is 0. The van der Waals surface area contributed by atoms with Crippen molar-refractivity contribution in [3.63, 3.8) is 0 Å². The number of hydrogen-bond donors (Lipinski definition) is 0. The predicted octanol–water partition coefficient (Wildman–Crippen LogP) is 11.3. The molecular formula is C46H26N6O. The normalized spacial score (nSPS) is 12.2. The van der Waals surface area contributed by atoms with Gasteiger partial charge in [-0.1, -0.05) is 109 Å². The molecule has 0 amide bonds. The first-order valence-electron chi connectivity index (χ1n) is 17.6. The van der Waals surface area contributed by atoms with Crippen molar-refractivity contribution in [2.24, 2.45) is 0 Å². The highest BCUT2D eigenvalue weighted by molar-refractivity contribution is 6.26. The first-order chi connectivity index (χ1) is 26.3. The molecular weight excluding hydrogens is 653 g/mol. The van der Waals surface area contributed by atoms with E-state index in [2.05, 4.69) is 118 Å². The van der Waals surface area contributed by atoms with E-state index >= 15 is 0 Å². The highest BCUT2D eigenvalue weighted by atomic mass is 16.3. The van der Waals surface area contributed by atoms with Crippen LogP contribution in [0.25, 0.3) is 111 Å². The second kappa shape index (κ2) is 10.6. The lowest BCUT2D eigenvalue weighted by atomic mass is 10.0. The first kappa shape index (κ1) is 28.3. The third-order valence-corrected chi connectivity index (χ3v) is 10.6. The molecule has 0 atom stereocenters. The van der Waals surface area contributed by atoms with Gasteiger partial charge in [-0.05, 0) is 53.2 Å². The Bertz CT molecular complexity index is 3480. The largest absolute Gasteiger partial charge is 0.452 e. The Morgan fingerprint density at radius 2 is 1.19 bits per heavy atom. The van der Waals surface area contributed by atoms with E-state index in [0.717, 1.165) is 87.6 Å². The summed E-state index contributed by atoms with van der Waals surface area (Å²) in [6, 6.07) is 52.4. The Morgan fingerprint density at radius 1 is 0.472 bits per heavy atom. The monoisotopic (exact) mass is 678 g/mol. The zero-order valence-corrected chi connectivity index (χ0v) is 28.1. The van der Waals surface area contributed by atoms with Crippen LogP contribution in [0.1, 0.15) is 0 Å². The predicted molar refractivity (Wildman–Crippen MR) is 214 cm³/mol. The number of furan rings is 1. The summed E-state index contributed by atoms with van der Waals surface area (Å²) in [5.41, 5.74) is 8.91. The van der Waals surface area contributed by atoms with Gasteiger partial charge in [-0.25, -0.2) is 19.9 Å². The summed E-state index contributed by atoms with van der Waals surface area (Å²) in [5, 5.41) is 8.69. The SMILES string of the molecule is c1ccc2cc(-c3nc(-n4c5ccccc5c5c4ccc4c6ccccc6n(-c6ncc7ccccc7n6)c45)nc4c3oc3ccccc34)ccc2c1. The van der Waals surface area contributed by atoms with Crippen molar-refractivity contribution in [3.8, 4) is 23.2 Å². The summed E-state index contributed by atoms with van der Waals surface area (Å²) < 4.78 is 10.9. The van der Waals surface area contributed by atoms with Gasteiger partial charge in [0.15, 0.2) is 5.58 Å². The first-order valence-corrected chi connectivity index (χ1v) is 17.6. The highest BCUT2D eigenvalue weighted by Crippen LogP contribution is 2.42. The second-order valence-corrected chi connectivity index (χ2v) is 13.5. The van der Waals surface area contributed by atoms with Gasteiger partial charge in [0.05, 0.1) is 27.6 Å². The maximum atomic E-state index is 6.53. The smallest absolute Gasteiger partial charge is 0.236 e. The van der Waals surface area contributed by atoms with Gasteiger partial charge in [0.25, 0.3) is 0 Å². The van der Waals surface area contributed by atoms with E-state index in [9.17, 15) is 0 Å². The Labute approximate surface area is 301 Å². The maximum Gasteiger partial charge on any atom is 0.236 e. The minimum Gasteiger partial charge on any atom is -0.452 e. The van der Waals surface area contributed by atoms with Crippen molar-refractivity contribution in [3.05, 3.63) is 158 Å². The van der Waals surface area contributed by atoms with Gasteiger partial charge >= 0.3 is 0 Å². The minimum atomic E-state index is 0.572. The third-order valence-electron chi connectivity index (χ3n) is 10.6. The number of aromatic nitrogens is 6. The van der Waals surface area contributed by atoms with E-state index in [-0.39, 0.29) is 0 Å². The van der Waals surface area contributed by atoms with Gasteiger partial charge in [-0.15, -0.1) is 0 Å². The lowest BCUT2D eigenvalue weighted by Gasteiger charge is -2.10. The molecule has 0 unspecified atom stereocenters. The van der Waals surface area contributed by atoms with Gasteiger partial charge < -0.3 is 4.42 Å². The molecule has 0 radical (unpaired) electrons. The lowest BCUT2D eigenvalue weighted by molar-refractivity contribution is 0.666. The van der Waals surface area contributed by atoms with Gasteiger partial charge in [0.2, 0.25) is 11.9 Å². The molecule has 5 aromatic heterocycles. The van der Waals surface area contributed by atoms with Crippen LogP contribution >= 0.6 is 0 Å². The molecule has 0 bridgehead atoms. The molecule has 0 saturated carbocycles. The molecule has 0 N–H and O–H groups in total. The zero-order valence-electron chi connectivity index (χ0n) is 28.1. The van der Waals surface area contributed by atoms with E-state index in [0.29, 0.717) is 17.5 Å². The van der Waals surface area contributed by atoms with Crippen LogP contribution in [0.4, 0.5) is 0 Å². The quantitative estimate of drug-likeness (QED) is 0.186. The van der Waals surface area contributed by atoms with E-state index in [4.69, 9.17) is 24.4 Å². The van der Waals surface area contributed by atoms with Gasteiger partial charge in [0, 0.05) is 44.1 Å². The fourth-order valence-corrected chi connectivity index (χ4v) is 8.21. The van der Waals surface area contributed by atoms with Crippen LogP contribution < -0.4 is 0 Å². The molecule has 53 heavy (non-hydrogen) atoms. The Morgan fingerprint density at radius 3 is 2.08 bits per heavy atom. The Balaban J connectivity index is 1.22. The molecule has 0 aliphatic rings. The molecule has 0 saturated heterocycles. The summed E-state index contributed by atoms with van der Waals surface area (Å²) in [6.07, 6.45) is 1.91. The van der Waals surface area contributed by atoms with Gasteiger partial charge in [-0.3, -0.25) is 9.13 Å². The molecule has 12 rings (SSSR count). The van der Waals surface area contributed by atoms with Crippen molar-refractivity contribution in [2.75, 3.05) is 0 Å². The van der Waals surface area contributed by atoms with Crippen LogP contribution in [0.15, 0.2) is 162 Å². The van der Waals surface area contributed by atoms with Crippen LogP contribution in [0.3, 0.4) is 0 Å². The fraction of sp³-hybridized carbons (Fsp3) is 0. The van der Waals surface area contributed by atoms with Crippen LogP contribution in [0.2, 0.25) is 0 Å². The number of para-hydroxylation sites is 4. The van der Waals surface area contributed by atoms with E-state index < -0.39 is 0 Å². The average molecular weight is 679 g/mol. The van der Waals surface area contributed by atoms with Crippen LogP contribution in [0, 0.1) is 0 Å². The topological polar surface area (TPSA) is 74.6 Å². The Hall–Kier alpha value is -7.38. The van der Waals surface area contributed by atoms with Crippen molar-refractivity contribution in [1.82, 2.24) is 29.1 Å². The molecule has 0 spiro atoms. The number of hydrogen-bond acceptors (Lipinski definition) is 5.